The molecule has 2 aromatic heterocycles. The molecule has 0 saturated heterocycles. The Labute approximate surface area is 137 Å². The average Bonchev–Trinajstić information content (AvgIpc) is 2.45. The number of rotatable bonds is 5. The summed E-state index contributed by atoms with van der Waals surface area (Å²) in [6, 6.07) is 1.35. The summed E-state index contributed by atoms with van der Waals surface area (Å²) in [6.07, 6.45) is 4.53. The van der Waals surface area contributed by atoms with Gasteiger partial charge in [0.05, 0.1) is 11.4 Å². The minimum Gasteiger partial charge on any atom is -0.480 e. The summed E-state index contributed by atoms with van der Waals surface area (Å²) in [4.78, 5) is 25.4. The summed E-state index contributed by atoms with van der Waals surface area (Å²) in [7, 11) is -7.82. The van der Waals surface area contributed by atoms with Gasteiger partial charge in [0.1, 0.15) is 6.20 Å². The van der Waals surface area contributed by atoms with Crippen LogP contribution in [0.15, 0.2) is 22.6 Å². The molecular weight excluding hydrogens is 360 g/mol. The van der Waals surface area contributed by atoms with Crippen molar-refractivity contribution >= 4 is 25.6 Å². The van der Waals surface area contributed by atoms with Gasteiger partial charge in [0.15, 0.2) is 5.75 Å². The minimum absolute atomic E-state index is 0.0755. The van der Waals surface area contributed by atoms with E-state index >= 15 is 0 Å². The molecule has 0 aliphatic rings. The van der Waals surface area contributed by atoms with Crippen molar-refractivity contribution in [3.8, 4) is 11.3 Å². The SMILES string of the molecule is Cc1nc(S(C)(=O)=O)n[c]c1-c1ccnc(S(=O)(=O)CC(=O)O)n1. The van der Waals surface area contributed by atoms with Crippen LogP contribution in [-0.4, -0.2) is 59.9 Å². The zero-order chi connectivity index (χ0) is 18.1. The zero-order valence-electron chi connectivity index (χ0n) is 12.5. The summed E-state index contributed by atoms with van der Waals surface area (Å²) < 4.78 is 46.6. The molecule has 0 fully saturated rings. The van der Waals surface area contributed by atoms with Crippen molar-refractivity contribution in [2.45, 2.75) is 17.2 Å². The van der Waals surface area contributed by atoms with Crippen LogP contribution in [0.1, 0.15) is 5.69 Å². The second kappa shape index (κ2) is 6.20. The number of hydrogen-bond donors (Lipinski definition) is 1. The van der Waals surface area contributed by atoms with Gasteiger partial charge in [-0.2, -0.15) is 0 Å². The summed E-state index contributed by atoms with van der Waals surface area (Å²) in [5.41, 5.74) is 0.466. The van der Waals surface area contributed by atoms with Crippen LogP contribution >= 0.6 is 0 Å². The molecule has 0 aromatic carbocycles. The van der Waals surface area contributed by atoms with Crippen LogP contribution in [0.4, 0.5) is 0 Å². The third kappa shape index (κ3) is 3.89. The lowest BCUT2D eigenvalue weighted by molar-refractivity contribution is -0.134. The van der Waals surface area contributed by atoms with Crippen LogP contribution < -0.4 is 0 Å². The molecule has 2 rings (SSSR count). The van der Waals surface area contributed by atoms with Crippen molar-refractivity contribution in [2.24, 2.45) is 0 Å². The Kier molecular flexibility index (Phi) is 4.62. The van der Waals surface area contributed by atoms with Gasteiger partial charge in [-0.1, -0.05) is 0 Å². The van der Waals surface area contributed by atoms with E-state index in [1.54, 1.807) is 0 Å². The number of aliphatic carboxylic acids is 1. The highest BCUT2D eigenvalue weighted by Crippen LogP contribution is 2.20. The number of carbonyl (C=O) groups is 1. The minimum atomic E-state index is -4.21. The number of carboxylic acid groups (broad SMARTS) is 1. The lowest BCUT2D eigenvalue weighted by Crippen LogP contribution is -2.18. The normalized spacial score (nSPS) is 12.1. The highest BCUT2D eigenvalue weighted by atomic mass is 32.2. The first kappa shape index (κ1) is 17.9. The first-order valence-electron chi connectivity index (χ1n) is 6.25. The Morgan fingerprint density at radius 2 is 1.88 bits per heavy atom. The van der Waals surface area contributed by atoms with Crippen molar-refractivity contribution in [2.75, 3.05) is 12.0 Å². The fourth-order valence-electron chi connectivity index (χ4n) is 1.67. The van der Waals surface area contributed by atoms with Gasteiger partial charge < -0.3 is 5.11 Å². The van der Waals surface area contributed by atoms with Crippen molar-refractivity contribution in [1.29, 1.82) is 0 Å². The first-order chi connectivity index (χ1) is 11.0. The second-order valence-corrected chi connectivity index (χ2v) is 8.52. The molecule has 127 valence electrons. The largest absolute Gasteiger partial charge is 0.480 e. The van der Waals surface area contributed by atoms with E-state index in [2.05, 4.69) is 26.1 Å². The number of aromatic nitrogens is 4. The van der Waals surface area contributed by atoms with E-state index in [1.165, 1.54) is 13.0 Å². The second-order valence-electron chi connectivity index (χ2n) is 4.73. The molecule has 2 heterocycles. The molecule has 0 saturated carbocycles. The Morgan fingerprint density at radius 1 is 1.21 bits per heavy atom. The van der Waals surface area contributed by atoms with Gasteiger partial charge >= 0.3 is 5.97 Å². The Balaban J connectivity index is 2.52. The lowest BCUT2D eigenvalue weighted by Gasteiger charge is -2.06. The lowest BCUT2D eigenvalue weighted by atomic mass is 10.2. The summed E-state index contributed by atoms with van der Waals surface area (Å²) >= 11 is 0. The van der Waals surface area contributed by atoms with Gasteiger partial charge in [0.2, 0.25) is 30.0 Å². The molecule has 12 heteroatoms. The van der Waals surface area contributed by atoms with E-state index in [9.17, 15) is 21.6 Å². The highest BCUT2D eigenvalue weighted by Gasteiger charge is 2.23. The van der Waals surface area contributed by atoms with Gasteiger partial charge in [-0.15, -0.1) is 0 Å². The first-order valence-corrected chi connectivity index (χ1v) is 9.79. The van der Waals surface area contributed by atoms with Gasteiger partial charge in [-0.3, -0.25) is 4.79 Å². The van der Waals surface area contributed by atoms with Crippen LogP contribution in [0.5, 0.6) is 0 Å². The Morgan fingerprint density at radius 3 is 2.42 bits per heavy atom. The van der Waals surface area contributed by atoms with E-state index in [0.717, 1.165) is 12.5 Å². The third-order valence-electron chi connectivity index (χ3n) is 2.70. The Bertz CT molecular complexity index is 1020. The molecule has 1 N–H and O–H groups in total. The van der Waals surface area contributed by atoms with Crippen molar-refractivity contribution < 1.29 is 26.7 Å². The fourth-order valence-corrected chi connectivity index (χ4v) is 3.10. The van der Waals surface area contributed by atoms with Crippen molar-refractivity contribution in [3.05, 3.63) is 24.2 Å². The van der Waals surface area contributed by atoms with Crippen molar-refractivity contribution in [3.63, 3.8) is 0 Å². The number of sulfone groups is 2. The number of aryl methyl sites for hydroxylation is 1. The Hall–Kier alpha value is -2.47. The molecule has 0 unspecified atom stereocenters. The fraction of sp³-hybridized carbons (Fsp3) is 0.250. The number of carboxylic acids is 1. The highest BCUT2D eigenvalue weighted by molar-refractivity contribution is 7.92. The van der Waals surface area contributed by atoms with Gasteiger partial charge in [0.25, 0.3) is 0 Å². The number of hydrogen-bond acceptors (Lipinski definition) is 9. The van der Waals surface area contributed by atoms with E-state index in [1.807, 2.05) is 0 Å². The maximum atomic E-state index is 11.9. The van der Waals surface area contributed by atoms with E-state index in [0.29, 0.717) is 0 Å². The molecule has 1 radical (unpaired) electrons. The molecule has 0 atom stereocenters. The monoisotopic (exact) mass is 371 g/mol. The van der Waals surface area contributed by atoms with Crippen molar-refractivity contribution in [1.82, 2.24) is 19.9 Å². The molecule has 24 heavy (non-hydrogen) atoms. The smallest absolute Gasteiger partial charge is 0.319 e. The molecule has 0 amide bonds. The summed E-state index contributed by atoms with van der Waals surface area (Å²) in [5, 5.41) is 7.55. The van der Waals surface area contributed by atoms with Crippen LogP contribution in [0.25, 0.3) is 11.3 Å². The zero-order valence-corrected chi connectivity index (χ0v) is 14.1. The summed E-state index contributed by atoms with van der Waals surface area (Å²) in [5.74, 6) is -2.68. The van der Waals surface area contributed by atoms with Crippen LogP contribution in [-0.2, 0) is 24.5 Å². The van der Waals surface area contributed by atoms with Gasteiger partial charge in [-0.05, 0) is 13.0 Å². The molecule has 0 aliphatic heterocycles. The molecular formula is C12H11N4O6S2. The van der Waals surface area contributed by atoms with Crippen LogP contribution in [0.2, 0.25) is 0 Å². The predicted octanol–water partition coefficient (Wildman–Crippen LogP) is -0.696. The molecule has 0 aliphatic carbocycles. The van der Waals surface area contributed by atoms with Crippen LogP contribution in [0, 0.1) is 13.1 Å². The maximum absolute atomic E-state index is 11.9. The quantitative estimate of drug-likeness (QED) is 0.666. The molecule has 2 aromatic rings. The van der Waals surface area contributed by atoms with Gasteiger partial charge in [0, 0.05) is 18.0 Å². The topological polar surface area (TPSA) is 157 Å². The van der Waals surface area contributed by atoms with Gasteiger partial charge in [-0.25, -0.2) is 36.8 Å². The maximum Gasteiger partial charge on any atom is 0.319 e. The van der Waals surface area contributed by atoms with E-state index in [4.69, 9.17) is 5.11 Å². The molecule has 0 spiro atoms. The summed E-state index contributed by atoms with van der Waals surface area (Å²) in [6.45, 7) is 1.48. The number of nitrogens with zero attached hydrogens (tertiary/aromatic N) is 4. The molecule has 0 bridgehead atoms. The third-order valence-corrected chi connectivity index (χ3v) is 4.93. The predicted molar refractivity (Wildman–Crippen MR) is 79.4 cm³/mol. The average molecular weight is 371 g/mol. The van der Waals surface area contributed by atoms with Crippen LogP contribution in [0.3, 0.4) is 0 Å². The van der Waals surface area contributed by atoms with E-state index < -0.39 is 41.7 Å². The molecule has 10 nitrogen and oxygen atoms in total. The van der Waals surface area contributed by atoms with E-state index in [-0.39, 0.29) is 17.0 Å². The standard InChI is InChI=1S/C12H11N4O6S2/c1-7-8(5-14-11(15-7)23(2,19)20)9-3-4-13-12(16-9)24(21,22)6-10(17)18/h3-4H,6H2,1-2H3,(H,17,18).